The van der Waals surface area contributed by atoms with E-state index in [0.717, 1.165) is 49.3 Å². The molecule has 8 nitrogen and oxygen atoms in total. The molecule has 1 saturated heterocycles. The molecule has 0 aromatic carbocycles. The molecule has 0 radical (unpaired) electrons. The van der Waals surface area contributed by atoms with Gasteiger partial charge in [-0.1, -0.05) is 0 Å². The van der Waals surface area contributed by atoms with Crippen LogP contribution in [-0.4, -0.2) is 38.5 Å². The lowest BCUT2D eigenvalue weighted by Crippen LogP contribution is -2.32. The van der Waals surface area contributed by atoms with Gasteiger partial charge in [0.1, 0.15) is 28.7 Å². The third kappa shape index (κ3) is 4.21. The lowest BCUT2D eigenvalue weighted by Gasteiger charge is -2.28. The molecule has 0 aliphatic carbocycles. The molecule has 0 saturated carbocycles. The van der Waals surface area contributed by atoms with Crippen molar-refractivity contribution in [1.29, 1.82) is 0 Å². The number of pyridine rings is 2. The van der Waals surface area contributed by atoms with Crippen LogP contribution in [0.25, 0.3) is 5.65 Å². The van der Waals surface area contributed by atoms with E-state index in [1.165, 1.54) is 10.8 Å². The first-order chi connectivity index (χ1) is 14.8. The molecule has 1 aliphatic rings. The van der Waals surface area contributed by atoms with Gasteiger partial charge in [-0.15, -0.1) is 0 Å². The number of hydrogen-bond donors (Lipinski definition) is 2. The molecule has 1 atom stereocenters. The number of carbonyl (C=O) groups is 1. The van der Waals surface area contributed by atoms with E-state index in [-0.39, 0.29) is 16.9 Å². The van der Waals surface area contributed by atoms with Gasteiger partial charge in [-0.3, -0.25) is 9.20 Å². The summed E-state index contributed by atoms with van der Waals surface area (Å²) in [4.78, 5) is 35.2. The fraction of sp³-hybridized carbons (Fsp3) is 0.364. The molecular formula is C22H24FN5O3. The number of carboxylic acids is 1. The number of nitrogens with zero attached hydrogens (tertiary/aromatic N) is 4. The van der Waals surface area contributed by atoms with Crippen LogP contribution in [0.2, 0.25) is 0 Å². The van der Waals surface area contributed by atoms with Gasteiger partial charge < -0.3 is 15.3 Å². The lowest BCUT2D eigenvalue weighted by atomic mass is 10.1. The molecule has 0 unspecified atom stereocenters. The van der Waals surface area contributed by atoms with Crippen molar-refractivity contribution in [3.8, 4) is 0 Å². The van der Waals surface area contributed by atoms with Crippen LogP contribution in [0.4, 0.5) is 16.0 Å². The Hall–Kier alpha value is -3.49. The van der Waals surface area contributed by atoms with Gasteiger partial charge in [0.05, 0.1) is 12.2 Å². The van der Waals surface area contributed by atoms with Crippen LogP contribution in [0.3, 0.4) is 0 Å². The normalized spacial score (nSPS) is 15.1. The minimum Gasteiger partial charge on any atom is -0.478 e. The van der Waals surface area contributed by atoms with Crippen molar-refractivity contribution in [1.82, 2.24) is 14.4 Å². The Morgan fingerprint density at radius 2 is 1.97 bits per heavy atom. The van der Waals surface area contributed by atoms with Gasteiger partial charge in [0.2, 0.25) is 0 Å². The first-order valence-corrected chi connectivity index (χ1v) is 10.3. The van der Waals surface area contributed by atoms with Crippen molar-refractivity contribution in [3.63, 3.8) is 0 Å². The Labute approximate surface area is 178 Å². The summed E-state index contributed by atoms with van der Waals surface area (Å²) >= 11 is 0. The molecule has 9 heteroatoms. The number of anilines is 2. The van der Waals surface area contributed by atoms with Crippen LogP contribution in [-0.2, 0) is 0 Å². The Balaban J connectivity index is 1.78. The summed E-state index contributed by atoms with van der Waals surface area (Å²) in [5, 5.41) is 12.4. The SMILES string of the molecule is Cc1cc([C@@H](C)Nc2ncc(F)cc2C(=O)O)c2nc(N3CCCCC3)cc(=O)n2c1. The predicted octanol–water partition coefficient (Wildman–Crippen LogP) is 3.40. The average molecular weight is 425 g/mol. The molecule has 31 heavy (non-hydrogen) atoms. The maximum Gasteiger partial charge on any atom is 0.339 e. The van der Waals surface area contributed by atoms with Gasteiger partial charge in [0.25, 0.3) is 5.56 Å². The third-order valence-electron chi connectivity index (χ3n) is 5.50. The van der Waals surface area contributed by atoms with Crippen LogP contribution in [0.15, 0.2) is 35.4 Å². The number of aromatic carboxylic acids is 1. The predicted molar refractivity (Wildman–Crippen MR) is 115 cm³/mol. The number of aromatic nitrogens is 3. The van der Waals surface area contributed by atoms with Crippen LogP contribution < -0.4 is 15.8 Å². The average Bonchev–Trinajstić information content (AvgIpc) is 2.75. The zero-order valence-corrected chi connectivity index (χ0v) is 17.4. The first-order valence-electron chi connectivity index (χ1n) is 10.3. The standard InChI is InChI=1S/C22H24FN5O3/c1-13-8-16(14(2)25-20-17(22(30)31)9-15(23)11-24-20)21-26-18(10-19(29)28(21)12-13)27-6-4-3-5-7-27/h8-12,14H,3-7H2,1-2H3,(H,24,25)(H,30,31)/t14-/m1/s1. The zero-order chi connectivity index (χ0) is 22.1. The smallest absolute Gasteiger partial charge is 0.339 e. The van der Waals surface area contributed by atoms with E-state index in [9.17, 15) is 19.1 Å². The summed E-state index contributed by atoms with van der Waals surface area (Å²) < 4.78 is 15.0. The van der Waals surface area contributed by atoms with Gasteiger partial charge >= 0.3 is 5.97 Å². The van der Waals surface area contributed by atoms with Crippen LogP contribution in [0, 0.1) is 12.7 Å². The minimum absolute atomic E-state index is 0.0515. The third-order valence-corrected chi connectivity index (χ3v) is 5.50. The number of piperidine rings is 1. The summed E-state index contributed by atoms with van der Waals surface area (Å²) in [5.41, 5.74) is 1.64. The van der Waals surface area contributed by atoms with E-state index in [4.69, 9.17) is 4.98 Å². The Kier molecular flexibility index (Phi) is 5.58. The molecule has 0 amide bonds. The Morgan fingerprint density at radius 1 is 1.23 bits per heavy atom. The number of rotatable bonds is 5. The number of aryl methyl sites for hydroxylation is 1. The molecule has 162 valence electrons. The summed E-state index contributed by atoms with van der Waals surface area (Å²) in [6, 6.07) is 3.96. The number of carboxylic acid groups (broad SMARTS) is 1. The van der Waals surface area contributed by atoms with Crippen molar-refractivity contribution >= 4 is 23.3 Å². The topological polar surface area (TPSA) is 99.8 Å². The van der Waals surface area contributed by atoms with E-state index in [1.807, 2.05) is 19.9 Å². The van der Waals surface area contributed by atoms with Crippen LogP contribution in [0.5, 0.6) is 0 Å². The van der Waals surface area contributed by atoms with E-state index in [1.54, 1.807) is 12.3 Å². The summed E-state index contributed by atoms with van der Waals surface area (Å²) in [6.45, 7) is 5.42. The quantitative estimate of drug-likeness (QED) is 0.646. The minimum atomic E-state index is -1.28. The molecular weight excluding hydrogens is 401 g/mol. The first kappa shape index (κ1) is 20.8. The van der Waals surface area contributed by atoms with Gasteiger partial charge in [0, 0.05) is 30.9 Å². The number of fused-ring (bicyclic) bond motifs is 1. The molecule has 4 heterocycles. The van der Waals surface area contributed by atoms with Crippen LogP contribution in [0.1, 0.15) is 53.7 Å². The molecule has 1 fully saturated rings. The van der Waals surface area contributed by atoms with Crippen molar-refractivity contribution in [2.24, 2.45) is 0 Å². The van der Waals surface area contributed by atoms with Crippen LogP contribution >= 0.6 is 0 Å². The summed E-state index contributed by atoms with van der Waals surface area (Å²) in [6.07, 6.45) is 6.00. The Bertz CT molecular complexity index is 1200. The second kappa shape index (κ2) is 8.33. The maximum absolute atomic E-state index is 13.5. The number of hydrogen-bond acceptors (Lipinski definition) is 6. The highest BCUT2D eigenvalue weighted by atomic mass is 19.1. The maximum atomic E-state index is 13.5. The van der Waals surface area contributed by atoms with E-state index in [2.05, 4.69) is 15.2 Å². The Morgan fingerprint density at radius 3 is 2.68 bits per heavy atom. The van der Waals surface area contributed by atoms with Gasteiger partial charge in [0.15, 0.2) is 0 Å². The van der Waals surface area contributed by atoms with Gasteiger partial charge in [-0.25, -0.2) is 19.2 Å². The monoisotopic (exact) mass is 425 g/mol. The molecule has 4 rings (SSSR count). The van der Waals surface area contributed by atoms with Crippen molar-refractivity contribution < 1.29 is 14.3 Å². The highest BCUT2D eigenvalue weighted by Gasteiger charge is 2.20. The molecule has 0 bridgehead atoms. The van der Waals surface area contributed by atoms with Gasteiger partial charge in [-0.2, -0.15) is 0 Å². The molecule has 0 spiro atoms. The summed E-state index contributed by atoms with van der Waals surface area (Å²) in [5.74, 6) is -1.31. The van der Waals surface area contributed by atoms with Crippen molar-refractivity contribution in [2.45, 2.75) is 39.2 Å². The van der Waals surface area contributed by atoms with Crippen molar-refractivity contribution in [2.75, 3.05) is 23.3 Å². The highest BCUT2D eigenvalue weighted by molar-refractivity contribution is 5.93. The molecule has 3 aromatic rings. The van der Waals surface area contributed by atoms with E-state index < -0.39 is 17.8 Å². The lowest BCUT2D eigenvalue weighted by molar-refractivity contribution is 0.0697. The van der Waals surface area contributed by atoms with E-state index >= 15 is 0 Å². The largest absolute Gasteiger partial charge is 0.478 e. The molecule has 1 aliphatic heterocycles. The van der Waals surface area contributed by atoms with E-state index in [0.29, 0.717) is 11.5 Å². The van der Waals surface area contributed by atoms with Gasteiger partial charge in [-0.05, 0) is 50.8 Å². The highest BCUT2D eigenvalue weighted by Crippen LogP contribution is 2.26. The number of halogens is 1. The zero-order valence-electron chi connectivity index (χ0n) is 17.4. The van der Waals surface area contributed by atoms with Crippen molar-refractivity contribution in [3.05, 3.63) is 63.5 Å². The fourth-order valence-electron chi connectivity index (χ4n) is 3.96. The molecule has 3 aromatic heterocycles. The second-order valence-corrected chi connectivity index (χ2v) is 7.89. The molecule has 2 N–H and O–H groups in total. The fourth-order valence-corrected chi connectivity index (χ4v) is 3.96. The number of nitrogens with one attached hydrogen (secondary N) is 1. The summed E-state index contributed by atoms with van der Waals surface area (Å²) in [7, 11) is 0. The second-order valence-electron chi connectivity index (χ2n) is 7.89.